The highest BCUT2D eigenvalue weighted by atomic mass is 35.5. The molecular weight excluding hydrogens is 335 g/mol. The summed E-state index contributed by atoms with van der Waals surface area (Å²) in [5, 5.41) is 4.29. The molecule has 1 aromatic heterocycles. The molecule has 0 aliphatic rings. The van der Waals surface area contributed by atoms with E-state index in [-0.39, 0.29) is 26.7 Å². The zero-order chi connectivity index (χ0) is 15.8. The van der Waals surface area contributed by atoms with Crippen LogP contribution in [0.1, 0.15) is 19.9 Å². The smallest absolute Gasteiger partial charge is 0.265 e. The van der Waals surface area contributed by atoms with Crippen LogP contribution >= 0.6 is 23.2 Å². The first-order chi connectivity index (χ1) is 9.70. The predicted molar refractivity (Wildman–Crippen MR) is 84.3 cm³/mol. The second-order valence-corrected chi connectivity index (χ2v) is 7.18. The summed E-state index contributed by atoms with van der Waals surface area (Å²) in [6.07, 6.45) is 3.00. The maximum Gasteiger partial charge on any atom is 0.265 e. The standard InChI is InChI=1S/C12H14Cl2N4O2S/c1-7(2)18-6-9(5-16-18)17-21(19,20)12-10(14)3-8(13)4-11(12)15/h3-7,17H,15H2,1-2H3. The van der Waals surface area contributed by atoms with Crippen molar-refractivity contribution in [3.05, 3.63) is 34.6 Å². The molecule has 2 rings (SSSR count). The minimum atomic E-state index is -3.92. The van der Waals surface area contributed by atoms with Crippen LogP contribution in [0.4, 0.5) is 11.4 Å². The van der Waals surface area contributed by atoms with Gasteiger partial charge in [0.25, 0.3) is 10.0 Å². The highest BCUT2D eigenvalue weighted by Crippen LogP contribution is 2.32. The molecule has 21 heavy (non-hydrogen) atoms. The number of rotatable bonds is 4. The van der Waals surface area contributed by atoms with Crippen molar-refractivity contribution in [2.75, 3.05) is 10.5 Å². The van der Waals surface area contributed by atoms with Gasteiger partial charge in [0.05, 0.1) is 22.6 Å². The van der Waals surface area contributed by atoms with E-state index in [1.807, 2.05) is 13.8 Å². The largest absolute Gasteiger partial charge is 0.398 e. The maximum atomic E-state index is 12.4. The predicted octanol–water partition coefficient (Wildman–Crippen LogP) is 3.15. The molecule has 0 amide bonds. The van der Waals surface area contributed by atoms with Gasteiger partial charge in [0.2, 0.25) is 0 Å². The van der Waals surface area contributed by atoms with Crippen LogP contribution in [0.3, 0.4) is 0 Å². The van der Waals surface area contributed by atoms with Crippen molar-refractivity contribution in [1.82, 2.24) is 9.78 Å². The van der Waals surface area contributed by atoms with Gasteiger partial charge in [-0.25, -0.2) is 8.42 Å². The summed E-state index contributed by atoms with van der Waals surface area (Å²) < 4.78 is 28.8. The molecule has 1 aromatic carbocycles. The Bertz CT molecular complexity index is 748. The topological polar surface area (TPSA) is 90.0 Å². The van der Waals surface area contributed by atoms with E-state index in [9.17, 15) is 8.42 Å². The summed E-state index contributed by atoms with van der Waals surface area (Å²) in [4.78, 5) is -0.203. The van der Waals surface area contributed by atoms with Crippen molar-refractivity contribution in [2.24, 2.45) is 0 Å². The van der Waals surface area contributed by atoms with E-state index >= 15 is 0 Å². The van der Waals surface area contributed by atoms with Crippen molar-refractivity contribution < 1.29 is 8.42 Å². The number of nitrogen functional groups attached to an aromatic ring is 1. The molecule has 0 atom stereocenters. The van der Waals surface area contributed by atoms with Crippen molar-refractivity contribution in [3.8, 4) is 0 Å². The molecule has 0 spiro atoms. The van der Waals surface area contributed by atoms with Gasteiger partial charge >= 0.3 is 0 Å². The summed E-state index contributed by atoms with van der Waals surface area (Å²) in [6.45, 7) is 3.86. The molecule has 3 N–H and O–H groups in total. The minimum absolute atomic E-state index is 0.0174. The lowest BCUT2D eigenvalue weighted by molar-refractivity contribution is 0.532. The summed E-state index contributed by atoms with van der Waals surface area (Å²) in [5.41, 5.74) is 6.02. The van der Waals surface area contributed by atoms with Crippen LogP contribution in [-0.2, 0) is 10.0 Å². The van der Waals surface area contributed by atoms with Crippen LogP contribution in [0, 0.1) is 0 Å². The van der Waals surface area contributed by atoms with E-state index in [1.54, 1.807) is 10.9 Å². The van der Waals surface area contributed by atoms with Crippen LogP contribution in [0.2, 0.25) is 10.0 Å². The molecule has 0 radical (unpaired) electrons. The van der Waals surface area contributed by atoms with Gasteiger partial charge in [-0.3, -0.25) is 9.40 Å². The Morgan fingerprint density at radius 3 is 2.52 bits per heavy atom. The lowest BCUT2D eigenvalue weighted by Gasteiger charge is -2.11. The molecule has 6 nitrogen and oxygen atoms in total. The number of hydrogen-bond donors (Lipinski definition) is 2. The molecule has 0 saturated heterocycles. The zero-order valence-corrected chi connectivity index (χ0v) is 13.7. The Labute approximate surface area is 132 Å². The lowest BCUT2D eigenvalue weighted by Crippen LogP contribution is -2.15. The fourth-order valence-corrected chi connectivity index (χ4v) is 3.76. The summed E-state index contributed by atoms with van der Waals surface area (Å²) in [6, 6.07) is 2.78. The Morgan fingerprint density at radius 1 is 1.33 bits per heavy atom. The fourth-order valence-electron chi connectivity index (χ4n) is 1.74. The molecule has 0 saturated carbocycles. The van der Waals surface area contributed by atoms with Crippen LogP contribution in [0.15, 0.2) is 29.4 Å². The van der Waals surface area contributed by atoms with Crippen molar-refractivity contribution in [2.45, 2.75) is 24.8 Å². The molecular formula is C12H14Cl2N4O2S. The van der Waals surface area contributed by atoms with Gasteiger partial charge in [-0.15, -0.1) is 0 Å². The van der Waals surface area contributed by atoms with Crippen LogP contribution < -0.4 is 10.5 Å². The van der Waals surface area contributed by atoms with Gasteiger partial charge in [-0.05, 0) is 26.0 Å². The Balaban J connectivity index is 2.38. The van der Waals surface area contributed by atoms with Crippen molar-refractivity contribution >= 4 is 44.6 Å². The van der Waals surface area contributed by atoms with E-state index in [2.05, 4.69) is 9.82 Å². The molecule has 9 heteroatoms. The monoisotopic (exact) mass is 348 g/mol. The third kappa shape index (κ3) is 3.42. The van der Waals surface area contributed by atoms with Gasteiger partial charge in [0.1, 0.15) is 4.90 Å². The van der Waals surface area contributed by atoms with E-state index in [1.165, 1.54) is 18.3 Å². The second-order valence-electron chi connectivity index (χ2n) is 4.71. The van der Waals surface area contributed by atoms with E-state index in [4.69, 9.17) is 28.9 Å². The summed E-state index contributed by atoms with van der Waals surface area (Å²) >= 11 is 11.7. The quantitative estimate of drug-likeness (QED) is 0.830. The molecule has 1 heterocycles. The third-order valence-corrected chi connectivity index (χ3v) is 4.81. The minimum Gasteiger partial charge on any atom is -0.398 e. The third-order valence-electron chi connectivity index (χ3n) is 2.69. The van der Waals surface area contributed by atoms with Gasteiger partial charge in [0.15, 0.2) is 0 Å². The highest BCUT2D eigenvalue weighted by Gasteiger charge is 2.22. The number of nitrogens with zero attached hydrogens (tertiary/aromatic N) is 2. The molecule has 0 aliphatic carbocycles. The first-order valence-electron chi connectivity index (χ1n) is 6.02. The van der Waals surface area contributed by atoms with Crippen LogP contribution in [0.5, 0.6) is 0 Å². The average Bonchev–Trinajstić information content (AvgIpc) is 2.74. The average molecular weight is 349 g/mol. The zero-order valence-electron chi connectivity index (χ0n) is 11.3. The number of nitrogens with two attached hydrogens (primary N) is 1. The molecule has 2 aromatic rings. The number of hydrogen-bond acceptors (Lipinski definition) is 4. The number of halogens is 2. The number of benzene rings is 1. The highest BCUT2D eigenvalue weighted by molar-refractivity contribution is 7.93. The van der Waals surface area contributed by atoms with Gasteiger partial charge in [-0.1, -0.05) is 23.2 Å². The summed E-state index contributed by atoms with van der Waals surface area (Å²) in [5.74, 6) is 0. The van der Waals surface area contributed by atoms with E-state index in [0.29, 0.717) is 5.69 Å². The van der Waals surface area contributed by atoms with Crippen molar-refractivity contribution in [3.63, 3.8) is 0 Å². The normalized spacial score (nSPS) is 11.9. The molecule has 0 aliphatic heterocycles. The van der Waals surface area contributed by atoms with Gasteiger partial charge in [-0.2, -0.15) is 5.10 Å². The number of aromatic nitrogens is 2. The Hall–Kier alpha value is -1.44. The SMILES string of the molecule is CC(C)n1cc(NS(=O)(=O)c2c(N)cc(Cl)cc2Cl)cn1. The maximum absolute atomic E-state index is 12.4. The number of anilines is 2. The number of nitrogens with one attached hydrogen (secondary N) is 1. The summed E-state index contributed by atoms with van der Waals surface area (Å²) in [7, 11) is -3.92. The van der Waals surface area contributed by atoms with Crippen LogP contribution in [0.25, 0.3) is 0 Å². The first-order valence-corrected chi connectivity index (χ1v) is 8.26. The second kappa shape index (κ2) is 5.75. The lowest BCUT2D eigenvalue weighted by atomic mass is 10.3. The number of sulfonamides is 1. The molecule has 0 bridgehead atoms. The molecule has 0 fully saturated rings. The Morgan fingerprint density at radius 2 is 2.00 bits per heavy atom. The molecule has 114 valence electrons. The Kier molecular flexibility index (Phi) is 4.36. The van der Waals surface area contributed by atoms with Crippen LogP contribution in [-0.4, -0.2) is 18.2 Å². The van der Waals surface area contributed by atoms with E-state index < -0.39 is 10.0 Å². The molecule has 0 unspecified atom stereocenters. The first kappa shape index (κ1) is 15.9. The van der Waals surface area contributed by atoms with Gasteiger partial charge in [0, 0.05) is 17.3 Å². The van der Waals surface area contributed by atoms with Crippen molar-refractivity contribution in [1.29, 1.82) is 0 Å². The van der Waals surface area contributed by atoms with E-state index in [0.717, 1.165) is 0 Å². The fraction of sp³-hybridized carbons (Fsp3) is 0.250. The van der Waals surface area contributed by atoms with Gasteiger partial charge < -0.3 is 5.73 Å².